The normalized spacial score (nSPS) is 10.7. The number of aromatic nitrogens is 5. The number of benzene rings is 9. The molecule has 0 amide bonds. The Bertz CT molecular complexity index is 4950. The van der Waals surface area contributed by atoms with Gasteiger partial charge in [-0.1, -0.05) is 223 Å². The summed E-state index contributed by atoms with van der Waals surface area (Å²) in [5.74, 6) is -0.0625. The van der Waals surface area contributed by atoms with Crippen LogP contribution in [-0.2, 0) is 85.2 Å². The number of carbonyl (C=O) groups excluding carboxylic acids is 1. The number of aryl methyl sites for hydroxylation is 7. The average molecular weight is 2050 g/mol. The van der Waals surface area contributed by atoms with Crippen LogP contribution >= 0.6 is 0 Å². The maximum atomic E-state index is 10.0. The number of hydrogen-bond donors (Lipinski definition) is 1. The Morgan fingerprint density at radius 2 is 0.794 bits per heavy atom. The van der Waals surface area contributed by atoms with Crippen molar-refractivity contribution < 1.29 is 97.2 Å². The third kappa shape index (κ3) is 25.9. The van der Waals surface area contributed by atoms with Gasteiger partial charge in [0.05, 0.1) is 12.6 Å². The van der Waals surface area contributed by atoms with Crippen molar-refractivity contribution in [3.05, 3.63) is 379 Å². The van der Waals surface area contributed by atoms with E-state index in [4.69, 9.17) is 12.0 Å². The number of hydrogen-bond acceptors (Lipinski definition) is 7. The number of pyridine rings is 5. The van der Waals surface area contributed by atoms with Crippen molar-refractivity contribution in [1.82, 2.24) is 24.9 Å². The summed E-state index contributed by atoms with van der Waals surface area (Å²) in [6, 6.07) is 93.5. The van der Waals surface area contributed by atoms with Gasteiger partial charge in [0, 0.05) is 117 Å². The van der Waals surface area contributed by atoms with Gasteiger partial charge in [0.1, 0.15) is 0 Å². The van der Waals surface area contributed by atoms with Crippen LogP contribution in [0, 0.1) is 78.8 Å². The summed E-state index contributed by atoms with van der Waals surface area (Å²) in [5, 5.41) is 8.36. The minimum Gasteiger partial charge on any atom is -0.512 e. The van der Waals surface area contributed by atoms with Crippen LogP contribution in [0.15, 0.2) is 310 Å². The topological polar surface area (TPSA) is 102 Å². The molecule has 4 radical (unpaired) electrons. The predicted molar refractivity (Wildman–Crippen MR) is 405 cm³/mol. The number of aliphatic hydroxyl groups excluding tert-OH is 1. The molecule has 7 nitrogen and oxygen atoms in total. The molecule has 520 valence electrons. The van der Waals surface area contributed by atoms with Crippen LogP contribution in [0.1, 0.15) is 59.6 Å². The summed E-state index contributed by atoms with van der Waals surface area (Å²) in [4.78, 5) is 32.4. The zero-order valence-electron chi connectivity index (χ0n) is 62.9. The van der Waals surface area contributed by atoms with E-state index in [-0.39, 0.29) is 122 Å². The van der Waals surface area contributed by atoms with Gasteiger partial charge in [-0.05, 0) is 99.8 Å². The summed E-state index contributed by atoms with van der Waals surface area (Å²) in [6.07, 6.45) is 10.3. The van der Waals surface area contributed by atoms with E-state index in [2.05, 4.69) is 207 Å². The first kappa shape index (κ1) is 75.2. The summed E-state index contributed by atoms with van der Waals surface area (Å²) < 4.78 is 39.1. The van der Waals surface area contributed by atoms with E-state index < -0.39 is 6.04 Å². The standard InChI is InChI=1S/3C19H16N.C17H12N.C12H10N.C5H8O2.4Ir/c2*1-14-8-10-18(15(2)12-14)19-11-9-17(13-20-19)16-6-4-3-5-7-16;1-14-10-15(2)12-18(11-14)19-9-8-17(13-20-19)16-6-4-3-5-7-16;1-3-7-14(8-4-1)16-11-12-17(18-13-16)15-9-5-2-6-10-15;1-10-6-5-9-13-12(10)11-7-3-2-4-8-11;1-4(6)3-5(2)7;;;;/h2*3-9,11-13H,1-2H3;3-11,13H,1-2H3;1-9,11-13H;2-7,9H,1H3;3,6H,1-2H3;;;;/q5*-1;;;;;/i;;;1D,3D,4D,7D,8D;;;;;;. The van der Waals surface area contributed by atoms with Crippen molar-refractivity contribution >= 4 is 5.78 Å². The fourth-order valence-corrected chi connectivity index (χ4v) is 10.4. The summed E-state index contributed by atoms with van der Waals surface area (Å²) in [7, 11) is 0. The molecule has 0 saturated heterocycles. The number of allylic oxidation sites excluding steroid dienone is 2. The maximum Gasteiger partial charge on any atom is 0.155 e. The summed E-state index contributed by atoms with van der Waals surface area (Å²) in [5.41, 5.74) is 25.8. The van der Waals surface area contributed by atoms with Gasteiger partial charge in [0.25, 0.3) is 0 Å². The molecule has 9 aromatic carbocycles. The van der Waals surface area contributed by atoms with E-state index in [0.29, 0.717) is 11.3 Å². The van der Waals surface area contributed by atoms with Gasteiger partial charge >= 0.3 is 0 Å². The van der Waals surface area contributed by atoms with E-state index in [9.17, 15) is 4.79 Å². The minimum absolute atomic E-state index is 0. The molecule has 0 fully saturated rings. The summed E-state index contributed by atoms with van der Waals surface area (Å²) in [6.45, 7) is 17.4. The Morgan fingerprint density at radius 3 is 1.16 bits per heavy atom. The monoisotopic (exact) mass is 2050 g/mol. The number of carbonyl (C=O) groups is 1. The number of rotatable bonds is 10. The van der Waals surface area contributed by atoms with Crippen LogP contribution in [-0.4, -0.2) is 35.8 Å². The van der Waals surface area contributed by atoms with Gasteiger partial charge in [0.2, 0.25) is 0 Å². The van der Waals surface area contributed by atoms with Crippen LogP contribution in [0.3, 0.4) is 0 Å². The van der Waals surface area contributed by atoms with Crippen LogP contribution in [0.25, 0.3) is 101 Å². The van der Waals surface area contributed by atoms with E-state index in [1.807, 2.05) is 140 Å². The maximum absolute atomic E-state index is 10.0. The molecule has 14 aromatic rings. The van der Waals surface area contributed by atoms with Gasteiger partial charge in [0.15, 0.2) is 5.78 Å². The Morgan fingerprint density at radius 1 is 0.382 bits per heavy atom. The van der Waals surface area contributed by atoms with Crippen molar-refractivity contribution in [2.45, 2.75) is 62.3 Å². The second-order valence-electron chi connectivity index (χ2n) is 23.2. The van der Waals surface area contributed by atoms with Gasteiger partial charge < -0.3 is 30.0 Å². The molecule has 0 unspecified atom stereocenters. The van der Waals surface area contributed by atoms with Crippen molar-refractivity contribution in [3.8, 4) is 101 Å². The van der Waals surface area contributed by atoms with Crippen LogP contribution in [0.2, 0.25) is 0 Å². The molecule has 0 aliphatic carbocycles. The number of aliphatic hydroxyl groups is 1. The van der Waals surface area contributed by atoms with Gasteiger partial charge in [-0.25, -0.2) is 0 Å². The Hall–Kier alpha value is -9.46. The second kappa shape index (κ2) is 43.4. The zero-order valence-corrected chi connectivity index (χ0v) is 67.5. The zero-order chi connectivity index (χ0) is 73.4. The Balaban J connectivity index is 0.000000234. The van der Waals surface area contributed by atoms with E-state index in [0.717, 1.165) is 72.8 Å². The van der Waals surface area contributed by atoms with Crippen molar-refractivity contribution in [2.75, 3.05) is 0 Å². The van der Waals surface area contributed by atoms with Crippen molar-refractivity contribution in [2.24, 2.45) is 0 Å². The molecule has 11 heteroatoms. The molecule has 0 bridgehead atoms. The first-order valence-electron chi connectivity index (χ1n) is 34.5. The van der Waals surface area contributed by atoms with Crippen molar-refractivity contribution in [1.29, 1.82) is 0 Å². The third-order valence-electron chi connectivity index (χ3n) is 15.0. The van der Waals surface area contributed by atoms with Crippen LogP contribution in [0.5, 0.6) is 0 Å². The first-order valence-corrected chi connectivity index (χ1v) is 32.0. The first-order chi connectivity index (χ1) is 49.7. The molecular weight excluding hydrogens is 1960 g/mol. The van der Waals surface area contributed by atoms with E-state index >= 15 is 0 Å². The molecule has 0 aliphatic rings. The molecule has 102 heavy (non-hydrogen) atoms. The summed E-state index contributed by atoms with van der Waals surface area (Å²) >= 11 is 0. The molecule has 0 spiro atoms. The molecule has 5 heterocycles. The average Bonchev–Trinajstić information content (AvgIpc) is 0.781. The quantitative estimate of drug-likeness (QED) is 0.0827. The predicted octanol–water partition coefficient (Wildman–Crippen LogP) is 22.6. The van der Waals surface area contributed by atoms with Crippen molar-refractivity contribution in [3.63, 3.8) is 0 Å². The van der Waals surface area contributed by atoms with E-state index in [1.54, 1.807) is 18.2 Å². The Labute approximate surface area is 664 Å². The minimum atomic E-state index is -0.396. The smallest absolute Gasteiger partial charge is 0.155 e. The fourth-order valence-electron chi connectivity index (χ4n) is 10.4. The second-order valence-corrected chi connectivity index (χ2v) is 23.2. The fraction of sp³-hybridized carbons (Fsp3) is 0.0989. The molecule has 0 aliphatic heterocycles. The molecule has 14 rings (SSSR count). The van der Waals surface area contributed by atoms with Gasteiger partial charge in [-0.15, -0.1) is 176 Å². The number of nitrogens with zero attached hydrogens (tertiary/aromatic N) is 5. The molecule has 1 N–H and O–H groups in total. The Kier molecular flexibility index (Phi) is 32.0. The van der Waals surface area contributed by atoms with Crippen LogP contribution in [0.4, 0.5) is 0 Å². The van der Waals surface area contributed by atoms with E-state index in [1.165, 1.54) is 76.2 Å². The van der Waals surface area contributed by atoms with Crippen LogP contribution < -0.4 is 0 Å². The molecule has 0 atom stereocenters. The largest absolute Gasteiger partial charge is 0.512 e. The SMILES string of the molecule is CC(=O)C=C(C)O.Cc1[c-]c(-c2ccc(-c3ccccc3)cn2)cc(C)c1.Cc1c[c-]c(-c2ccc(-c3ccccc3)cn2)c(C)c1.Cc1c[c-]c(-c2ccc(-c3ccccc3)cn2)c(C)c1.Cc1cccnc1-c1[c-]cccc1.[2H]c1c([2H])c([2H])c(-c2ccc(-c3[c-]cccc3)nc2)c([2H])c1[2H].[Ir].[Ir].[Ir].[Ir]. The number of ketones is 1. The third-order valence-corrected chi connectivity index (χ3v) is 15.0. The molecule has 5 aromatic heterocycles. The molecule has 0 saturated carbocycles. The molecular formula is C91H78Ir4N5O2-5. The van der Waals surface area contributed by atoms with Gasteiger partial charge in [-0.2, -0.15) is 0 Å². The van der Waals surface area contributed by atoms with Gasteiger partial charge in [-0.3, -0.25) is 4.79 Å².